The molecule has 1 fully saturated rings. The Morgan fingerprint density at radius 3 is 2.91 bits per heavy atom. The van der Waals surface area contributed by atoms with E-state index in [0.29, 0.717) is 25.6 Å². The van der Waals surface area contributed by atoms with Gasteiger partial charge in [0.05, 0.1) is 12.4 Å². The highest BCUT2D eigenvalue weighted by atomic mass is 32.2. The van der Waals surface area contributed by atoms with Crippen molar-refractivity contribution in [1.82, 2.24) is 13.9 Å². The summed E-state index contributed by atoms with van der Waals surface area (Å²) >= 11 is 0. The zero-order chi connectivity index (χ0) is 16.2. The third-order valence-electron chi connectivity index (χ3n) is 4.37. The van der Waals surface area contributed by atoms with E-state index in [1.165, 1.54) is 0 Å². The average Bonchev–Trinajstić information content (AvgIpc) is 2.85. The Bertz CT molecular complexity index is 583. The van der Waals surface area contributed by atoms with E-state index in [0.717, 1.165) is 37.3 Å². The molecule has 0 radical (unpaired) electrons. The van der Waals surface area contributed by atoms with E-state index in [1.807, 2.05) is 13.1 Å². The smallest absolute Gasteiger partial charge is 0.213 e. The number of imidazole rings is 1. The van der Waals surface area contributed by atoms with E-state index in [9.17, 15) is 8.42 Å². The van der Waals surface area contributed by atoms with Crippen LogP contribution in [-0.4, -0.2) is 54.8 Å². The molecule has 0 bridgehead atoms. The van der Waals surface area contributed by atoms with E-state index in [2.05, 4.69) is 9.55 Å². The second-order valence-electron chi connectivity index (χ2n) is 5.93. The first kappa shape index (κ1) is 17.4. The van der Waals surface area contributed by atoms with Crippen LogP contribution < -0.4 is 0 Å². The van der Waals surface area contributed by atoms with E-state index in [4.69, 9.17) is 4.74 Å². The number of hydrogen-bond donors (Lipinski definition) is 0. The summed E-state index contributed by atoms with van der Waals surface area (Å²) in [4.78, 5) is 4.51. The zero-order valence-electron chi connectivity index (χ0n) is 13.8. The van der Waals surface area contributed by atoms with E-state index in [-0.39, 0.29) is 5.75 Å². The number of methoxy groups -OCH3 is 1. The molecule has 0 spiro atoms. The SMILES string of the molecule is CCS(=O)(=O)N1CCCC(Cc2ncc(C)n2CCOC)C1. The van der Waals surface area contributed by atoms with Crippen LogP contribution >= 0.6 is 0 Å². The third-order valence-corrected chi connectivity index (χ3v) is 6.22. The van der Waals surface area contributed by atoms with Crippen LogP contribution in [0.5, 0.6) is 0 Å². The van der Waals surface area contributed by atoms with Gasteiger partial charge in [0, 0.05) is 45.1 Å². The number of sulfonamides is 1. The van der Waals surface area contributed by atoms with Crippen molar-refractivity contribution in [3.63, 3.8) is 0 Å². The van der Waals surface area contributed by atoms with Gasteiger partial charge in [-0.25, -0.2) is 17.7 Å². The van der Waals surface area contributed by atoms with E-state index in [1.54, 1.807) is 18.3 Å². The molecule has 1 aliphatic rings. The Labute approximate surface area is 133 Å². The molecule has 6 nitrogen and oxygen atoms in total. The summed E-state index contributed by atoms with van der Waals surface area (Å²) in [6.45, 7) is 6.48. The first-order chi connectivity index (χ1) is 10.5. The summed E-state index contributed by atoms with van der Waals surface area (Å²) in [5.41, 5.74) is 1.13. The van der Waals surface area contributed by atoms with Crippen molar-refractivity contribution in [2.45, 2.75) is 39.7 Å². The molecular formula is C15H27N3O3S. The van der Waals surface area contributed by atoms with Gasteiger partial charge in [0.25, 0.3) is 0 Å². The van der Waals surface area contributed by atoms with Gasteiger partial charge < -0.3 is 9.30 Å². The van der Waals surface area contributed by atoms with Crippen molar-refractivity contribution < 1.29 is 13.2 Å². The quantitative estimate of drug-likeness (QED) is 0.759. The lowest BCUT2D eigenvalue weighted by atomic mass is 9.96. The van der Waals surface area contributed by atoms with Crippen molar-refractivity contribution >= 4 is 10.0 Å². The molecule has 1 atom stereocenters. The summed E-state index contributed by atoms with van der Waals surface area (Å²) in [7, 11) is -1.38. The van der Waals surface area contributed by atoms with Crippen molar-refractivity contribution in [3.05, 3.63) is 17.7 Å². The van der Waals surface area contributed by atoms with Gasteiger partial charge in [-0.15, -0.1) is 0 Å². The van der Waals surface area contributed by atoms with Gasteiger partial charge in [-0.2, -0.15) is 0 Å². The zero-order valence-corrected chi connectivity index (χ0v) is 14.6. The molecule has 1 aliphatic heterocycles. The minimum Gasteiger partial charge on any atom is -0.383 e. The molecule has 7 heteroatoms. The minimum absolute atomic E-state index is 0.182. The molecule has 0 N–H and O–H groups in total. The van der Waals surface area contributed by atoms with Crippen LogP contribution in [0.3, 0.4) is 0 Å². The van der Waals surface area contributed by atoms with Crippen LogP contribution in [0.25, 0.3) is 0 Å². The Morgan fingerprint density at radius 2 is 2.23 bits per heavy atom. The van der Waals surface area contributed by atoms with E-state index >= 15 is 0 Å². The van der Waals surface area contributed by atoms with Gasteiger partial charge in [-0.05, 0) is 32.6 Å². The molecule has 0 amide bonds. The van der Waals surface area contributed by atoms with Gasteiger partial charge in [0.2, 0.25) is 10.0 Å². The topological polar surface area (TPSA) is 64.4 Å². The highest BCUT2D eigenvalue weighted by molar-refractivity contribution is 7.89. The number of aromatic nitrogens is 2. The van der Waals surface area contributed by atoms with Crippen LogP contribution in [0.2, 0.25) is 0 Å². The summed E-state index contributed by atoms with van der Waals surface area (Å²) in [6.07, 6.45) is 4.70. The second kappa shape index (κ2) is 7.57. The fourth-order valence-corrected chi connectivity index (χ4v) is 4.26. The maximum absolute atomic E-state index is 12.1. The standard InChI is InChI=1S/C15H27N3O3S/c1-4-22(19,20)17-7-5-6-14(12-17)10-15-16-11-13(2)18(15)8-9-21-3/h11,14H,4-10,12H2,1-3H3. The fraction of sp³-hybridized carbons (Fsp3) is 0.800. The predicted octanol–water partition coefficient (Wildman–Crippen LogP) is 1.44. The van der Waals surface area contributed by atoms with Crippen LogP contribution in [0.15, 0.2) is 6.20 Å². The maximum atomic E-state index is 12.1. The van der Waals surface area contributed by atoms with Crippen molar-refractivity contribution in [3.8, 4) is 0 Å². The number of nitrogens with zero attached hydrogens (tertiary/aromatic N) is 3. The number of rotatable bonds is 7. The summed E-state index contributed by atoms with van der Waals surface area (Å²) in [5, 5.41) is 0. The molecule has 22 heavy (non-hydrogen) atoms. The van der Waals surface area contributed by atoms with Crippen LogP contribution in [-0.2, 0) is 27.7 Å². The Hall–Kier alpha value is -0.920. The third kappa shape index (κ3) is 4.08. The van der Waals surface area contributed by atoms with Crippen molar-refractivity contribution in [2.24, 2.45) is 5.92 Å². The number of aryl methyl sites for hydroxylation is 1. The van der Waals surface area contributed by atoms with Gasteiger partial charge in [-0.3, -0.25) is 0 Å². The maximum Gasteiger partial charge on any atom is 0.213 e. The Morgan fingerprint density at radius 1 is 1.45 bits per heavy atom. The lowest BCUT2D eigenvalue weighted by molar-refractivity contribution is 0.184. The Balaban J connectivity index is 2.04. The van der Waals surface area contributed by atoms with Crippen molar-refractivity contribution in [2.75, 3.05) is 32.6 Å². The van der Waals surface area contributed by atoms with Gasteiger partial charge in [0.15, 0.2) is 0 Å². The largest absolute Gasteiger partial charge is 0.383 e. The van der Waals surface area contributed by atoms with Gasteiger partial charge in [0.1, 0.15) is 5.82 Å². The molecule has 1 unspecified atom stereocenters. The van der Waals surface area contributed by atoms with E-state index < -0.39 is 10.0 Å². The van der Waals surface area contributed by atoms with Crippen LogP contribution in [0.4, 0.5) is 0 Å². The molecule has 2 rings (SSSR count). The Kier molecular flexibility index (Phi) is 6.00. The molecule has 0 aliphatic carbocycles. The molecule has 0 saturated carbocycles. The molecule has 1 saturated heterocycles. The minimum atomic E-state index is -3.08. The molecule has 126 valence electrons. The first-order valence-electron chi connectivity index (χ1n) is 7.95. The number of ether oxygens (including phenoxy) is 1. The fourth-order valence-electron chi connectivity index (χ4n) is 3.05. The molecule has 2 heterocycles. The lowest BCUT2D eigenvalue weighted by Gasteiger charge is -2.31. The molecule has 0 aromatic carbocycles. The predicted molar refractivity (Wildman–Crippen MR) is 86.3 cm³/mol. The summed E-state index contributed by atoms with van der Waals surface area (Å²) < 4.78 is 33.1. The van der Waals surface area contributed by atoms with Gasteiger partial charge >= 0.3 is 0 Å². The number of hydrogen-bond acceptors (Lipinski definition) is 4. The highest BCUT2D eigenvalue weighted by Gasteiger charge is 2.28. The highest BCUT2D eigenvalue weighted by Crippen LogP contribution is 2.23. The monoisotopic (exact) mass is 329 g/mol. The average molecular weight is 329 g/mol. The van der Waals surface area contributed by atoms with Crippen LogP contribution in [0, 0.1) is 12.8 Å². The first-order valence-corrected chi connectivity index (χ1v) is 9.56. The number of piperidine rings is 1. The second-order valence-corrected chi connectivity index (χ2v) is 8.19. The van der Waals surface area contributed by atoms with Crippen LogP contribution in [0.1, 0.15) is 31.3 Å². The summed E-state index contributed by atoms with van der Waals surface area (Å²) in [5.74, 6) is 1.56. The molecule has 1 aromatic heterocycles. The van der Waals surface area contributed by atoms with Crippen molar-refractivity contribution in [1.29, 1.82) is 0 Å². The normalized spacial score (nSPS) is 20.4. The van der Waals surface area contributed by atoms with Gasteiger partial charge in [-0.1, -0.05) is 0 Å². The lowest BCUT2D eigenvalue weighted by Crippen LogP contribution is -2.41. The summed E-state index contributed by atoms with van der Waals surface area (Å²) in [6, 6.07) is 0. The molecule has 1 aromatic rings. The molecular weight excluding hydrogens is 302 g/mol.